The van der Waals surface area contributed by atoms with Crippen LogP contribution < -0.4 is 0 Å². The molecule has 0 saturated carbocycles. The van der Waals surface area contributed by atoms with Crippen molar-refractivity contribution in [2.24, 2.45) is 11.8 Å². The summed E-state index contributed by atoms with van der Waals surface area (Å²) in [4.78, 5) is 38.1. The van der Waals surface area contributed by atoms with Crippen LogP contribution in [0.5, 0.6) is 0 Å². The Morgan fingerprint density at radius 2 is 0.576 bits per heavy atom. The van der Waals surface area contributed by atoms with E-state index in [-0.39, 0.29) is 31.1 Å². The summed E-state index contributed by atoms with van der Waals surface area (Å²) in [6.07, 6.45) is 56.7. The van der Waals surface area contributed by atoms with Gasteiger partial charge in [0.15, 0.2) is 6.10 Å². The van der Waals surface area contributed by atoms with Crippen LogP contribution in [0.4, 0.5) is 0 Å². The molecule has 0 heterocycles. The van der Waals surface area contributed by atoms with Crippen molar-refractivity contribution in [2.45, 2.75) is 343 Å². The molecule has 0 aliphatic rings. The van der Waals surface area contributed by atoms with E-state index in [9.17, 15) is 14.4 Å². The molecule has 6 heteroatoms. The van der Waals surface area contributed by atoms with Crippen molar-refractivity contribution < 1.29 is 28.6 Å². The van der Waals surface area contributed by atoms with E-state index in [1.165, 1.54) is 225 Å². The standard InChI is InChI=1S/C60H116O6/c1-6-8-9-10-11-28-35-40-45-50-58(61)64-53-57(66-60(63)52-47-42-37-32-27-23-19-18-20-24-29-33-38-43-48-55(3)4)54-65-59(62)51-46-41-36-31-26-22-17-15-13-12-14-16-21-25-30-34-39-44-49-56(5)7-2/h55-57H,6-54H2,1-5H3/t56?,57-/m1/s1. The molecule has 0 rings (SSSR count). The van der Waals surface area contributed by atoms with Gasteiger partial charge in [-0.3, -0.25) is 14.4 Å². The van der Waals surface area contributed by atoms with E-state index in [0.29, 0.717) is 19.3 Å². The third kappa shape index (κ3) is 51.8. The Kier molecular flexibility index (Phi) is 51.5. The number of hydrogen-bond donors (Lipinski definition) is 0. The minimum absolute atomic E-state index is 0.0626. The lowest BCUT2D eigenvalue weighted by Gasteiger charge is -2.18. The lowest BCUT2D eigenvalue weighted by molar-refractivity contribution is -0.167. The van der Waals surface area contributed by atoms with Crippen LogP contribution in [0, 0.1) is 11.8 Å². The predicted molar refractivity (Wildman–Crippen MR) is 284 cm³/mol. The molecule has 0 fully saturated rings. The highest BCUT2D eigenvalue weighted by Gasteiger charge is 2.19. The molecule has 66 heavy (non-hydrogen) atoms. The van der Waals surface area contributed by atoms with Crippen molar-refractivity contribution in [1.82, 2.24) is 0 Å². The molecule has 2 atom stereocenters. The van der Waals surface area contributed by atoms with Gasteiger partial charge in [0, 0.05) is 19.3 Å². The first-order valence-electron chi connectivity index (χ1n) is 29.8. The number of carbonyl (C=O) groups is 3. The second-order valence-corrected chi connectivity index (χ2v) is 21.4. The molecule has 0 saturated heterocycles. The lowest BCUT2D eigenvalue weighted by atomic mass is 9.99. The molecule has 392 valence electrons. The summed E-state index contributed by atoms with van der Waals surface area (Å²) in [5.41, 5.74) is 0. The van der Waals surface area contributed by atoms with Crippen LogP contribution in [0.2, 0.25) is 0 Å². The number of hydrogen-bond acceptors (Lipinski definition) is 6. The smallest absolute Gasteiger partial charge is 0.306 e. The number of esters is 3. The van der Waals surface area contributed by atoms with Crippen molar-refractivity contribution in [3.8, 4) is 0 Å². The SMILES string of the molecule is CCCCCCCCCCCC(=O)OC[C@H](COC(=O)CCCCCCCCCCCCCCCCCCCCC(C)CC)OC(=O)CCCCCCCCCCCCCCCCC(C)C. The Balaban J connectivity index is 4.17. The maximum Gasteiger partial charge on any atom is 0.306 e. The first-order valence-corrected chi connectivity index (χ1v) is 29.8. The molecule has 0 spiro atoms. The molecular formula is C60H116O6. The van der Waals surface area contributed by atoms with Gasteiger partial charge in [-0.25, -0.2) is 0 Å². The van der Waals surface area contributed by atoms with Gasteiger partial charge in [0.1, 0.15) is 13.2 Å². The number of rotatable bonds is 54. The van der Waals surface area contributed by atoms with Gasteiger partial charge in [-0.05, 0) is 31.1 Å². The Bertz CT molecular complexity index is 1010. The highest BCUT2D eigenvalue weighted by Crippen LogP contribution is 2.19. The summed E-state index contributed by atoms with van der Waals surface area (Å²) in [5.74, 6) is 0.913. The van der Waals surface area contributed by atoms with Crippen molar-refractivity contribution in [3.05, 3.63) is 0 Å². The molecule has 0 aromatic rings. The minimum Gasteiger partial charge on any atom is -0.462 e. The maximum atomic E-state index is 12.8. The number of ether oxygens (including phenoxy) is 3. The third-order valence-corrected chi connectivity index (χ3v) is 14.1. The van der Waals surface area contributed by atoms with Crippen molar-refractivity contribution in [1.29, 1.82) is 0 Å². The largest absolute Gasteiger partial charge is 0.462 e. The van der Waals surface area contributed by atoms with E-state index in [4.69, 9.17) is 14.2 Å². The third-order valence-electron chi connectivity index (χ3n) is 14.1. The molecular weight excluding hydrogens is 817 g/mol. The van der Waals surface area contributed by atoms with Crippen LogP contribution >= 0.6 is 0 Å². The summed E-state index contributed by atoms with van der Waals surface area (Å²) in [7, 11) is 0. The highest BCUT2D eigenvalue weighted by molar-refractivity contribution is 5.71. The Morgan fingerprint density at radius 3 is 0.864 bits per heavy atom. The first kappa shape index (κ1) is 64.4. The van der Waals surface area contributed by atoms with Crippen LogP contribution in [0.3, 0.4) is 0 Å². The van der Waals surface area contributed by atoms with Crippen LogP contribution in [0.1, 0.15) is 336 Å². The molecule has 0 aliphatic carbocycles. The van der Waals surface area contributed by atoms with Gasteiger partial charge in [-0.1, -0.05) is 298 Å². The maximum absolute atomic E-state index is 12.8. The van der Waals surface area contributed by atoms with E-state index in [2.05, 4.69) is 34.6 Å². The van der Waals surface area contributed by atoms with Gasteiger partial charge in [-0.15, -0.1) is 0 Å². The van der Waals surface area contributed by atoms with Gasteiger partial charge in [0.2, 0.25) is 0 Å². The van der Waals surface area contributed by atoms with Gasteiger partial charge >= 0.3 is 17.9 Å². The second kappa shape index (κ2) is 52.8. The predicted octanol–water partition coefficient (Wildman–Crippen LogP) is 19.7. The van der Waals surface area contributed by atoms with Crippen LogP contribution in [-0.2, 0) is 28.6 Å². The zero-order valence-corrected chi connectivity index (χ0v) is 45.3. The molecule has 0 bridgehead atoms. The fourth-order valence-corrected chi connectivity index (χ4v) is 9.20. The molecule has 0 radical (unpaired) electrons. The quantitative estimate of drug-likeness (QED) is 0.0343. The van der Waals surface area contributed by atoms with Gasteiger partial charge < -0.3 is 14.2 Å². The van der Waals surface area contributed by atoms with Crippen LogP contribution in [-0.4, -0.2) is 37.2 Å². The normalized spacial score (nSPS) is 12.5. The molecule has 0 N–H and O–H groups in total. The molecule has 0 aromatic heterocycles. The lowest BCUT2D eigenvalue weighted by Crippen LogP contribution is -2.30. The van der Waals surface area contributed by atoms with Crippen LogP contribution in [0.15, 0.2) is 0 Å². The van der Waals surface area contributed by atoms with E-state index >= 15 is 0 Å². The molecule has 0 aromatic carbocycles. The van der Waals surface area contributed by atoms with E-state index < -0.39 is 6.10 Å². The highest BCUT2D eigenvalue weighted by atomic mass is 16.6. The van der Waals surface area contributed by atoms with Gasteiger partial charge in [0.25, 0.3) is 0 Å². The summed E-state index contributed by atoms with van der Waals surface area (Å²) < 4.78 is 16.9. The average Bonchev–Trinajstić information content (AvgIpc) is 3.30. The van der Waals surface area contributed by atoms with E-state index in [0.717, 1.165) is 69.6 Å². The molecule has 0 amide bonds. The van der Waals surface area contributed by atoms with E-state index in [1.807, 2.05) is 0 Å². The fraction of sp³-hybridized carbons (Fsp3) is 0.950. The number of carbonyl (C=O) groups excluding carboxylic acids is 3. The van der Waals surface area contributed by atoms with Crippen LogP contribution in [0.25, 0.3) is 0 Å². The second-order valence-electron chi connectivity index (χ2n) is 21.4. The fourth-order valence-electron chi connectivity index (χ4n) is 9.20. The Morgan fingerprint density at radius 1 is 0.318 bits per heavy atom. The summed E-state index contributed by atoms with van der Waals surface area (Å²) in [6, 6.07) is 0. The molecule has 1 unspecified atom stereocenters. The van der Waals surface area contributed by atoms with Gasteiger partial charge in [-0.2, -0.15) is 0 Å². The first-order chi connectivity index (χ1) is 32.3. The number of unbranched alkanes of at least 4 members (excludes halogenated alkanes) is 38. The summed E-state index contributed by atoms with van der Waals surface area (Å²) in [6.45, 7) is 11.5. The molecule has 0 aliphatic heterocycles. The Hall–Kier alpha value is -1.59. The van der Waals surface area contributed by atoms with Crippen molar-refractivity contribution in [2.75, 3.05) is 13.2 Å². The topological polar surface area (TPSA) is 78.9 Å². The zero-order chi connectivity index (χ0) is 48.2. The Labute approximate surface area is 412 Å². The van der Waals surface area contributed by atoms with Crippen molar-refractivity contribution >= 4 is 17.9 Å². The average molecular weight is 934 g/mol. The van der Waals surface area contributed by atoms with Crippen molar-refractivity contribution in [3.63, 3.8) is 0 Å². The summed E-state index contributed by atoms with van der Waals surface area (Å²) >= 11 is 0. The monoisotopic (exact) mass is 933 g/mol. The summed E-state index contributed by atoms with van der Waals surface area (Å²) in [5, 5.41) is 0. The van der Waals surface area contributed by atoms with E-state index in [1.54, 1.807) is 0 Å². The molecule has 6 nitrogen and oxygen atoms in total. The van der Waals surface area contributed by atoms with Gasteiger partial charge in [0.05, 0.1) is 0 Å². The minimum atomic E-state index is -0.762. The zero-order valence-electron chi connectivity index (χ0n) is 45.3.